The van der Waals surface area contributed by atoms with Crippen molar-refractivity contribution in [3.05, 3.63) is 88.2 Å². The van der Waals surface area contributed by atoms with Crippen molar-refractivity contribution >= 4 is 27.7 Å². The number of carbonyl (C=O) groups is 1. The smallest absolute Gasteiger partial charge is 0.282 e. The van der Waals surface area contributed by atoms with E-state index in [-0.39, 0.29) is 19.0 Å². The van der Waals surface area contributed by atoms with Crippen molar-refractivity contribution in [3.8, 4) is 11.1 Å². The molecule has 9 heteroatoms. The maximum absolute atomic E-state index is 13.3. The summed E-state index contributed by atoms with van der Waals surface area (Å²) in [6, 6.07) is 17.1. The number of halogens is 1. The van der Waals surface area contributed by atoms with Crippen molar-refractivity contribution in [3.63, 3.8) is 0 Å². The number of aryl methyl sites for hydroxylation is 1. The molecule has 0 aliphatic carbocycles. The number of hydrogen-bond donors (Lipinski definition) is 0. The highest BCUT2D eigenvalue weighted by Crippen LogP contribution is 2.28. The first kappa shape index (κ1) is 23.9. The van der Waals surface area contributed by atoms with Crippen molar-refractivity contribution in [2.75, 3.05) is 32.7 Å². The third kappa shape index (κ3) is 4.84. The van der Waals surface area contributed by atoms with Crippen LogP contribution in [0.25, 0.3) is 11.1 Å². The van der Waals surface area contributed by atoms with Crippen molar-refractivity contribution in [2.45, 2.75) is 19.9 Å². The van der Waals surface area contributed by atoms with E-state index in [1.807, 2.05) is 61.5 Å². The molecule has 0 atom stereocenters. The molecule has 182 valence electrons. The number of aromatic nitrogens is 1. The number of carbonyl (C=O) groups excluding carboxylic acids is 1. The molecule has 0 N–H and O–H groups in total. The molecular formula is C26H27ClN4O3S. The third-order valence-corrected chi connectivity index (χ3v) is 9.05. The van der Waals surface area contributed by atoms with Gasteiger partial charge in [0, 0.05) is 61.7 Å². The zero-order chi connectivity index (χ0) is 24.6. The molecule has 3 aromatic rings. The Hall–Kier alpha value is -2.78. The van der Waals surface area contributed by atoms with Crippen LogP contribution in [0.5, 0.6) is 0 Å². The van der Waals surface area contributed by atoms with E-state index < -0.39 is 10.2 Å². The van der Waals surface area contributed by atoms with Gasteiger partial charge in [0.2, 0.25) is 0 Å². The van der Waals surface area contributed by atoms with Crippen molar-refractivity contribution in [2.24, 2.45) is 0 Å². The zero-order valence-corrected chi connectivity index (χ0v) is 21.1. The first-order valence-corrected chi connectivity index (χ1v) is 13.4. The summed E-state index contributed by atoms with van der Waals surface area (Å²) >= 11 is 6.28. The number of piperazine rings is 1. The molecule has 5 rings (SSSR count). The maximum Gasteiger partial charge on any atom is 0.282 e. The third-order valence-electron chi connectivity index (χ3n) is 6.71. The predicted molar refractivity (Wildman–Crippen MR) is 136 cm³/mol. The zero-order valence-electron chi connectivity index (χ0n) is 19.5. The molecule has 1 fully saturated rings. The van der Waals surface area contributed by atoms with Crippen LogP contribution in [-0.4, -0.2) is 65.5 Å². The molecule has 3 heterocycles. The second-order valence-corrected chi connectivity index (χ2v) is 11.3. The molecule has 0 saturated carbocycles. The van der Waals surface area contributed by atoms with E-state index in [2.05, 4.69) is 4.98 Å². The average Bonchev–Trinajstić information content (AvgIpc) is 2.88. The summed E-state index contributed by atoms with van der Waals surface area (Å²) in [4.78, 5) is 19.0. The molecule has 0 bridgehead atoms. The van der Waals surface area contributed by atoms with Crippen LogP contribution < -0.4 is 0 Å². The number of hydrogen-bond acceptors (Lipinski definition) is 4. The Balaban J connectivity index is 1.22. The van der Waals surface area contributed by atoms with Crippen LogP contribution in [-0.2, 0) is 23.2 Å². The summed E-state index contributed by atoms with van der Waals surface area (Å²) in [7, 11) is -3.61. The summed E-state index contributed by atoms with van der Waals surface area (Å²) in [5, 5.41) is 0.690. The predicted octanol–water partition coefficient (Wildman–Crippen LogP) is 3.77. The van der Waals surface area contributed by atoms with Crippen molar-refractivity contribution in [1.82, 2.24) is 18.5 Å². The fourth-order valence-electron chi connectivity index (χ4n) is 4.73. The number of rotatable bonds is 4. The maximum atomic E-state index is 13.3. The molecule has 35 heavy (non-hydrogen) atoms. The van der Waals surface area contributed by atoms with Crippen LogP contribution in [0.2, 0.25) is 5.02 Å². The minimum Gasteiger partial charge on any atom is -0.336 e. The Bertz CT molecular complexity index is 1350. The van der Waals surface area contributed by atoms with Crippen LogP contribution in [0.3, 0.4) is 0 Å². The molecule has 2 aliphatic rings. The highest BCUT2D eigenvalue weighted by molar-refractivity contribution is 7.86. The Morgan fingerprint density at radius 2 is 1.66 bits per heavy atom. The lowest BCUT2D eigenvalue weighted by molar-refractivity contribution is 0.0693. The summed E-state index contributed by atoms with van der Waals surface area (Å²) in [6.45, 7) is 3.95. The molecule has 0 unspecified atom stereocenters. The van der Waals surface area contributed by atoms with Gasteiger partial charge in [-0.3, -0.25) is 9.78 Å². The number of pyridine rings is 1. The van der Waals surface area contributed by atoms with Gasteiger partial charge in [-0.1, -0.05) is 35.9 Å². The van der Waals surface area contributed by atoms with Gasteiger partial charge in [-0.15, -0.1) is 0 Å². The second kappa shape index (κ2) is 9.70. The van der Waals surface area contributed by atoms with Crippen LogP contribution in [0.1, 0.15) is 27.2 Å². The summed E-state index contributed by atoms with van der Waals surface area (Å²) in [5.74, 6) is -0.0824. The normalized spacial score (nSPS) is 17.3. The monoisotopic (exact) mass is 510 g/mol. The second-order valence-electron chi connectivity index (χ2n) is 8.92. The van der Waals surface area contributed by atoms with E-state index in [9.17, 15) is 13.2 Å². The molecule has 0 radical (unpaired) electrons. The van der Waals surface area contributed by atoms with Crippen LogP contribution in [0.4, 0.5) is 0 Å². The fourth-order valence-corrected chi connectivity index (χ4v) is 6.60. The highest BCUT2D eigenvalue weighted by atomic mass is 35.5. The standard InChI is InChI=1S/C26H27ClN4O3S/c1-19-17-22(9-11-28-19)20-5-7-21(8-6-20)26(32)29-13-15-30(16-14-29)35(33,34)31-12-10-24-23(18-31)3-2-4-25(24)27/h2-9,11,17H,10,12-16,18H2,1H3. The molecule has 1 aromatic heterocycles. The molecule has 2 aromatic carbocycles. The van der Waals surface area contributed by atoms with E-state index in [0.717, 1.165) is 27.9 Å². The molecule has 1 saturated heterocycles. The van der Waals surface area contributed by atoms with Crippen LogP contribution in [0.15, 0.2) is 60.8 Å². The van der Waals surface area contributed by atoms with Gasteiger partial charge in [-0.05, 0) is 65.9 Å². The molecule has 0 spiro atoms. The van der Waals surface area contributed by atoms with E-state index >= 15 is 0 Å². The van der Waals surface area contributed by atoms with Gasteiger partial charge in [0.25, 0.3) is 16.1 Å². The summed E-state index contributed by atoms with van der Waals surface area (Å²) in [5.41, 5.74) is 5.59. The van der Waals surface area contributed by atoms with E-state index in [0.29, 0.717) is 43.2 Å². The SMILES string of the molecule is Cc1cc(-c2ccc(C(=O)N3CCN(S(=O)(=O)N4CCc5c(Cl)cccc5C4)CC3)cc2)ccn1. The van der Waals surface area contributed by atoms with Crippen LogP contribution >= 0.6 is 11.6 Å². The molecule has 7 nitrogen and oxygen atoms in total. The molecule has 2 aliphatic heterocycles. The largest absolute Gasteiger partial charge is 0.336 e. The lowest BCUT2D eigenvalue weighted by atomic mass is 10.0. The molecular weight excluding hydrogens is 484 g/mol. The Morgan fingerprint density at radius 1 is 0.914 bits per heavy atom. The first-order chi connectivity index (χ1) is 16.8. The number of fused-ring (bicyclic) bond motifs is 1. The van der Waals surface area contributed by atoms with Gasteiger partial charge in [-0.25, -0.2) is 0 Å². The quantitative estimate of drug-likeness (QED) is 0.535. The fraction of sp³-hybridized carbons (Fsp3) is 0.308. The van der Waals surface area contributed by atoms with Gasteiger partial charge in [-0.2, -0.15) is 17.0 Å². The van der Waals surface area contributed by atoms with Gasteiger partial charge >= 0.3 is 0 Å². The minimum absolute atomic E-state index is 0.0824. The lowest BCUT2D eigenvalue weighted by Gasteiger charge is -2.38. The lowest BCUT2D eigenvalue weighted by Crippen LogP contribution is -2.54. The number of nitrogens with zero attached hydrogens (tertiary/aromatic N) is 4. The Morgan fingerprint density at radius 3 is 2.37 bits per heavy atom. The molecule has 1 amide bonds. The Kier molecular flexibility index (Phi) is 6.63. The van der Waals surface area contributed by atoms with Gasteiger partial charge in [0.15, 0.2) is 0 Å². The average molecular weight is 511 g/mol. The number of benzene rings is 2. The van der Waals surface area contributed by atoms with E-state index in [4.69, 9.17) is 11.6 Å². The van der Waals surface area contributed by atoms with Crippen molar-refractivity contribution in [1.29, 1.82) is 0 Å². The Labute approximate surface area is 211 Å². The van der Waals surface area contributed by atoms with Crippen LogP contribution in [0, 0.1) is 6.92 Å². The number of amides is 1. The van der Waals surface area contributed by atoms with E-state index in [1.165, 1.54) is 8.61 Å². The minimum atomic E-state index is -3.61. The highest BCUT2D eigenvalue weighted by Gasteiger charge is 2.35. The van der Waals surface area contributed by atoms with Gasteiger partial charge < -0.3 is 4.90 Å². The van der Waals surface area contributed by atoms with Gasteiger partial charge in [0.05, 0.1) is 0 Å². The van der Waals surface area contributed by atoms with Gasteiger partial charge in [0.1, 0.15) is 0 Å². The first-order valence-electron chi connectivity index (χ1n) is 11.7. The van der Waals surface area contributed by atoms with E-state index in [1.54, 1.807) is 11.1 Å². The summed E-state index contributed by atoms with van der Waals surface area (Å²) in [6.07, 6.45) is 2.37. The van der Waals surface area contributed by atoms with Crippen molar-refractivity contribution < 1.29 is 13.2 Å². The summed E-state index contributed by atoms with van der Waals surface area (Å²) < 4.78 is 29.6. The topological polar surface area (TPSA) is 73.8 Å².